The van der Waals surface area contributed by atoms with Crippen molar-refractivity contribution in [2.45, 2.75) is 20.0 Å². The third-order valence-corrected chi connectivity index (χ3v) is 6.00. The van der Waals surface area contributed by atoms with E-state index in [9.17, 15) is 15.2 Å². The smallest absolute Gasteiger partial charge is 0.334 e. The number of benzene rings is 2. The van der Waals surface area contributed by atoms with E-state index in [2.05, 4.69) is 15.6 Å². The average molecular weight is 527 g/mol. The van der Waals surface area contributed by atoms with Gasteiger partial charge in [0.05, 0.1) is 28.4 Å². The predicted molar refractivity (Wildman–Crippen MR) is 139 cm³/mol. The molecule has 2 heterocycles. The Morgan fingerprint density at radius 2 is 1.89 bits per heavy atom. The Balaban J connectivity index is 1.80. The Hall–Kier alpha value is -3.78. The highest BCUT2D eigenvalue weighted by atomic mass is 35.5. The maximum atomic E-state index is 15.5. The molecule has 0 radical (unpaired) electrons. The monoisotopic (exact) mass is 526 g/mol. The lowest BCUT2D eigenvalue weighted by atomic mass is 10.0. The summed E-state index contributed by atoms with van der Waals surface area (Å²) in [6.45, 7) is 4.74. The summed E-state index contributed by atoms with van der Waals surface area (Å²) in [5, 5.41) is 25.0. The Kier molecular flexibility index (Phi) is 7.88. The van der Waals surface area contributed by atoms with Crippen molar-refractivity contribution >= 4 is 40.5 Å². The quantitative estimate of drug-likeness (QED) is 0.356. The molecule has 1 aliphatic heterocycles. The minimum Gasteiger partial charge on any atom is -0.392 e. The van der Waals surface area contributed by atoms with Crippen molar-refractivity contribution in [2.75, 3.05) is 41.3 Å². The third-order valence-electron chi connectivity index (χ3n) is 5.80. The van der Waals surface area contributed by atoms with Crippen LogP contribution in [0.15, 0.2) is 42.6 Å². The molecular formula is C26H25ClF2N6O2. The molecule has 1 unspecified atom stereocenters. The van der Waals surface area contributed by atoms with Crippen LogP contribution in [0.3, 0.4) is 0 Å². The molecular weight excluding hydrogens is 502 g/mol. The van der Waals surface area contributed by atoms with E-state index in [1.807, 2.05) is 6.07 Å². The van der Waals surface area contributed by atoms with E-state index < -0.39 is 29.5 Å². The van der Waals surface area contributed by atoms with Gasteiger partial charge < -0.3 is 15.7 Å². The number of nitrogens with zero attached hydrogens (tertiary/aromatic N) is 4. The largest absolute Gasteiger partial charge is 0.392 e. The van der Waals surface area contributed by atoms with Gasteiger partial charge in [0.25, 0.3) is 0 Å². The summed E-state index contributed by atoms with van der Waals surface area (Å²) in [6, 6.07) is 9.70. The van der Waals surface area contributed by atoms with Gasteiger partial charge in [0.2, 0.25) is 0 Å². The molecule has 1 aromatic heterocycles. The molecule has 192 valence electrons. The Morgan fingerprint density at radius 3 is 2.54 bits per heavy atom. The maximum Gasteiger partial charge on any atom is 0.334 e. The van der Waals surface area contributed by atoms with E-state index in [1.165, 1.54) is 17.2 Å². The highest BCUT2D eigenvalue weighted by Crippen LogP contribution is 2.45. The second-order valence-corrected chi connectivity index (χ2v) is 8.94. The van der Waals surface area contributed by atoms with Crippen molar-refractivity contribution in [2.24, 2.45) is 0 Å². The Morgan fingerprint density at radius 1 is 1.16 bits per heavy atom. The van der Waals surface area contributed by atoms with Crippen molar-refractivity contribution in [1.29, 1.82) is 5.26 Å². The van der Waals surface area contributed by atoms with Crippen LogP contribution in [-0.2, 0) is 0 Å². The summed E-state index contributed by atoms with van der Waals surface area (Å²) in [6.07, 6.45) is 0.886. The van der Waals surface area contributed by atoms with E-state index in [0.717, 1.165) is 17.0 Å². The summed E-state index contributed by atoms with van der Waals surface area (Å²) in [7, 11) is 0. The van der Waals surface area contributed by atoms with Gasteiger partial charge >= 0.3 is 6.03 Å². The number of carbonyl (C=O) groups is 1. The van der Waals surface area contributed by atoms with Crippen molar-refractivity contribution in [3.63, 3.8) is 0 Å². The number of aromatic nitrogens is 1. The zero-order valence-electron chi connectivity index (χ0n) is 20.2. The Labute approximate surface area is 218 Å². The van der Waals surface area contributed by atoms with Gasteiger partial charge in [-0.15, -0.1) is 0 Å². The number of urea groups is 1. The number of anilines is 4. The summed E-state index contributed by atoms with van der Waals surface area (Å²) in [5.74, 6) is -1.64. The van der Waals surface area contributed by atoms with Crippen molar-refractivity contribution < 1.29 is 18.7 Å². The fourth-order valence-electron chi connectivity index (χ4n) is 4.16. The first-order valence-corrected chi connectivity index (χ1v) is 12.1. The number of hydrogen-bond acceptors (Lipinski definition) is 6. The van der Waals surface area contributed by atoms with Gasteiger partial charge in [0.1, 0.15) is 11.5 Å². The summed E-state index contributed by atoms with van der Waals surface area (Å²) in [5.41, 5.74) is 0.895. The van der Waals surface area contributed by atoms with Gasteiger partial charge in [-0.3, -0.25) is 9.80 Å². The number of aliphatic hydroxyl groups excluding tert-OH is 1. The van der Waals surface area contributed by atoms with Gasteiger partial charge in [-0.1, -0.05) is 17.7 Å². The number of hydrogen-bond donors (Lipinski definition) is 3. The molecule has 0 fully saturated rings. The first kappa shape index (κ1) is 26.3. The maximum absolute atomic E-state index is 15.5. The second kappa shape index (κ2) is 11.1. The van der Waals surface area contributed by atoms with Gasteiger partial charge in [-0.2, -0.15) is 5.26 Å². The second-order valence-electron chi connectivity index (χ2n) is 8.50. The van der Waals surface area contributed by atoms with Gasteiger partial charge in [0.15, 0.2) is 11.6 Å². The molecule has 0 spiro atoms. The fraction of sp³-hybridized carbons (Fsp3) is 0.269. The lowest BCUT2D eigenvalue weighted by molar-refractivity contribution is 0.192. The number of pyridine rings is 1. The number of carbonyl (C=O) groups excluding carboxylic acids is 1. The lowest BCUT2D eigenvalue weighted by Crippen LogP contribution is -2.41. The average Bonchev–Trinajstić information content (AvgIpc) is 2.95. The van der Waals surface area contributed by atoms with Crippen LogP contribution >= 0.6 is 11.6 Å². The first-order chi connectivity index (χ1) is 17.7. The molecule has 3 aromatic rings. The number of halogens is 3. The normalized spacial score (nSPS) is 13.5. The van der Waals surface area contributed by atoms with E-state index in [0.29, 0.717) is 35.8 Å². The SMILES string of the molecule is CCN1C(=O)N(c2c(F)cc(NCCNCC(C)O)cc2F)c2cc(C#N)ccc2-c2cc(Cl)cnc21. The molecule has 2 amide bonds. The van der Waals surface area contributed by atoms with Crippen LogP contribution in [0.5, 0.6) is 0 Å². The standard InChI is InChI=1S/C26H25ClF2N6O2/c1-3-34-25-20(9-17(27)14-33-25)19-5-4-16(12-30)8-23(19)35(26(34)37)24-21(28)10-18(11-22(24)29)32-7-6-31-13-15(2)36/h4-5,8-11,14-15,31-32,36H,3,6-7,13H2,1-2H3. The van der Waals surface area contributed by atoms with Crippen LogP contribution in [0, 0.1) is 23.0 Å². The summed E-state index contributed by atoms with van der Waals surface area (Å²) >= 11 is 6.20. The van der Waals surface area contributed by atoms with Crippen LogP contribution in [-0.4, -0.2) is 48.4 Å². The van der Waals surface area contributed by atoms with Crippen molar-refractivity contribution in [3.05, 3.63) is 64.8 Å². The molecule has 0 saturated carbocycles. The molecule has 0 aliphatic carbocycles. The van der Waals surface area contributed by atoms with Crippen LogP contribution < -0.4 is 20.4 Å². The van der Waals surface area contributed by atoms with E-state index in [4.69, 9.17) is 11.6 Å². The number of fused-ring (bicyclic) bond motifs is 3. The van der Waals surface area contributed by atoms with Crippen molar-refractivity contribution in [1.82, 2.24) is 10.3 Å². The molecule has 4 rings (SSSR count). The van der Waals surface area contributed by atoms with E-state index in [1.54, 1.807) is 32.0 Å². The highest BCUT2D eigenvalue weighted by molar-refractivity contribution is 6.31. The van der Waals surface area contributed by atoms with Crippen LogP contribution in [0.1, 0.15) is 19.4 Å². The molecule has 11 heteroatoms. The Bertz CT molecular complexity index is 1350. The van der Waals surface area contributed by atoms with Gasteiger partial charge in [0, 0.05) is 49.2 Å². The molecule has 1 aliphatic rings. The lowest BCUT2D eigenvalue weighted by Gasteiger charge is -2.28. The van der Waals surface area contributed by atoms with Gasteiger partial charge in [-0.25, -0.2) is 18.6 Å². The molecule has 8 nitrogen and oxygen atoms in total. The van der Waals surface area contributed by atoms with Crippen LogP contribution in [0.2, 0.25) is 5.02 Å². The highest BCUT2D eigenvalue weighted by Gasteiger charge is 2.36. The van der Waals surface area contributed by atoms with Crippen LogP contribution in [0.4, 0.5) is 36.5 Å². The molecule has 2 aromatic carbocycles. The molecule has 0 bridgehead atoms. The number of aliphatic hydroxyl groups is 1. The van der Waals surface area contributed by atoms with Crippen LogP contribution in [0.25, 0.3) is 11.1 Å². The third kappa shape index (κ3) is 5.34. The summed E-state index contributed by atoms with van der Waals surface area (Å²) < 4.78 is 31.1. The summed E-state index contributed by atoms with van der Waals surface area (Å²) in [4.78, 5) is 20.4. The molecule has 0 saturated heterocycles. The first-order valence-electron chi connectivity index (χ1n) is 11.7. The van der Waals surface area contributed by atoms with E-state index >= 15 is 8.78 Å². The van der Waals surface area contributed by atoms with Crippen molar-refractivity contribution in [3.8, 4) is 17.2 Å². The number of amides is 2. The molecule has 37 heavy (non-hydrogen) atoms. The topological polar surface area (TPSA) is 105 Å². The zero-order valence-corrected chi connectivity index (χ0v) is 21.0. The predicted octanol–water partition coefficient (Wildman–Crippen LogP) is 5.03. The minimum atomic E-state index is -0.964. The number of nitriles is 1. The molecule has 1 atom stereocenters. The van der Waals surface area contributed by atoms with Gasteiger partial charge in [-0.05, 0) is 44.2 Å². The minimum absolute atomic E-state index is 0.131. The molecule has 3 N–H and O–H groups in total. The van der Waals surface area contributed by atoms with E-state index in [-0.39, 0.29) is 29.3 Å². The fourth-order valence-corrected chi connectivity index (χ4v) is 4.32. The number of rotatable bonds is 8. The zero-order chi connectivity index (χ0) is 26.7. The number of nitrogens with one attached hydrogen (secondary N) is 2.